The summed E-state index contributed by atoms with van der Waals surface area (Å²) in [6.45, 7) is 1.61. The van der Waals surface area contributed by atoms with Gasteiger partial charge in [-0.05, 0) is 42.3 Å². The molecule has 0 aliphatic carbocycles. The van der Waals surface area contributed by atoms with E-state index in [0.29, 0.717) is 11.1 Å². The van der Waals surface area contributed by atoms with Crippen LogP contribution in [-0.4, -0.2) is 15.5 Å². The Labute approximate surface area is 134 Å². The molecule has 0 spiro atoms. The van der Waals surface area contributed by atoms with Crippen molar-refractivity contribution in [3.05, 3.63) is 65.2 Å². The van der Waals surface area contributed by atoms with E-state index >= 15 is 0 Å². The number of ether oxygens (including phenoxy) is 1. The first-order valence-corrected chi connectivity index (χ1v) is 8.54. The van der Waals surface area contributed by atoms with Crippen LogP contribution in [0.25, 0.3) is 0 Å². The first-order valence-electron chi connectivity index (χ1n) is 6.88. The largest absolute Gasteiger partial charge is 0.494 e. The molecule has 0 fully saturated rings. The van der Waals surface area contributed by atoms with Gasteiger partial charge in [-0.2, -0.15) is 0 Å². The minimum Gasteiger partial charge on any atom is -0.494 e. The number of nitrogens with one attached hydrogen (secondary N) is 1. The summed E-state index contributed by atoms with van der Waals surface area (Å²) in [5.41, 5.74) is 0.943. The molecule has 124 valence electrons. The number of benzene rings is 2. The van der Waals surface area contributed by atoms with Crippen molar-refractivity contribution in [2.24, 2.45) is 0 Å². The van der Waals surface area contributed by atoms with Crippen LogP contribution in [0.5, 0.6) is 5.75 Å². The molecule has 0 aliphatic heterocycles. The minimum atomic E-state index is -3.65. The summed E-state index contributed by atoms with van der Waals surface area (Å²) in [5.74, 6) is -1.18. The van der Waals surface area contributed by atoms with Gasteiger partial charge in [0.15, 0.2) is 11.6 Å². The van der Waals surface area contributed by atoms with E-state index in [2.05, 4.69) is 4.72 Å². The maximum Gasteiger partial charge on any atom is 0.216 e. The third-order valence-corrected chi connectivity index (χ3v) is 4.73. The van der Waals surface area contributed by atoms with Gasteiger partial charge >= 0.3 is 0 Å². The van der Waals surface area contributed by atoms with Crippen LogP contribution in [0.2, 0.25) is 0 Å². The zero-order valence-electron chi connectivity index (χ0n) is 12.7. The van der Waals surface area contributed by atoms with Gasteiger partial charge in [-0.15, -0.1) is 0 Å². The Hall–Kier alpha value is -1.99. The third kappa shape index (κ3) is 4.74. The van der Waals surface area contributed by atoms with E-state index in [4.69, 9.17) is 4.74 Å². The second-order valence-corrected chi connectivity index (χ2v) is 6.87. The van der Waals surface area contributed by atoms with Crippen molar-refractivity contribution >= 4 is 10.0 Å². The Morgan fingerprint density at radius 3 is 2.35 bits per heavy atom. The number of hydrogen-bond donors (Lipinski definition) is 1. The van der Waals surface area contributed by atoms with Gasteiger partial charge < -0.3 is 4.74 Å². The van der Waals surface area contributed by atoms with Crippen LogP contribution in [0.15, 0.2) is 42.5 Å². The topological polar surface area (TPSA) is 55.4 Å². The summed E-state index contributed by atoms with van der Waals surface area (Å²) in [5, 5.41) is 0. The Balaban J connectivity index is 2.10. The van der Waals surface area contributed by atoms with Crippen LogP contribution in [0.1, 0.15) is 24.1 Å². The van der Waals surface area contributed by atoms with E-state index in [-0.39, 0.29) is 11.5 Å². The molecule has 1 atom stereocenters. The molecule has 0 amide bonds. The molecule has 0 unspecified atom stereocenters. The Morgan fingerprint density at radius 2 is 1.78 bits per heavy atom. The molecule has 4 nitrogen and oxygen atoms in total. The van der Waals surface area contributed by atoms with Crippen molar-refractivity contribution in [1.82, 2.24) is 4.72 Å². The van der Waals surface area contributed by atoms with E-state index in [1.54, 1.807) is 13.0 Å². The third-order valence-electron chi connectivity index (χ3n) is 3.30. The predicted molar refractivity (Wildman–Crippen MR) is 83.5 cm³/mol. The lowest BCUT2D eigenvalue weighted by Crippen LogP contribution is -2.28. The van der Waals surface area contributed by atoms with Crippen LogP contribution in [0.4, 0.5) is 8.78 Å². The number of rotatable bonds is 6. The van der Waals surface area contributed by atoms with Gasteiger partial charge in [-0.3, -0.25) is 0 Å². The summed E-state index contributed by atoms with van der Waals surface area (Å²) >= 11 is 0. The van der Waals surface area contributed by atoms with Gasteiger partial charge in [0.05, 0.1) is 12.9 Å². The van der Waals surface area contributed by atoms with Crippen molar-refractivity contribution in [3.63, 3.8) is 0 Å². The summed E-state index contributed by atoms with van der Waals surface area (Å²) < 4.78 is 58.1. The lowest BCUT2D eigenvalue weighted by Gasteiger charge is -2.15. The number of halogens is 2. The lowest BCUT2D eigenvalue weighted by molar-refractivity contribution is 0.386. The normalized spacial score (nSPS) is 12.9. The van der Waals surface area contributed by atoms with E-state index in [0.717, 1.165) is 0 Å². The smallest absolute Gasteiger partial charge is 0.216 e. The van der Waals surface area contributed by atoms with Crippen molar-refractivity contribution in [3.8, 4) is 5.75 Å². The van der Waals surface area contributed by atoms with Crippen LogP contribution in [0, 0.1) is 11.6 Å². The number of sulfonamides is 1. The Kier molecular flexibility index (Phi) is 5.33. The molecule has 2 aromatic rings. The highest BCUT2D eigenvalue weighted by Gasteiger charge is 2.18. The van der Waals surface area contributed by atoms with Crippen molar-refractivity contribution in [1.29, 1.82) is 0 Å². The molecule has 2 aromatic carbocycles. The zero-order chi connectivity index (χ0) is 17.0. The van der Waals surface area contributed by atoms with E-state index < -0.39 is 27.7 Å². The van der Waals surface area contributed by atoms with Crippen LogP contribution >= 0.6 is 0 Å². The summed E-state index contributed by atoms with van der Waals surface area (Å²) in [6, 6.07) is 8.87. The SMILES string of the molecule is COc1ccc([C@H](C)NS(=O)(=O)Cc2ccc(F)cc2)cc1F. The molecule has 0 radical (unpaired) electrons. The van der Waals surface area contributed by atoms with E-state index in [1.165, 1.54) is 43.5 Å². The highest BCUT2D eigenvalue weighted by atomic mass is 32.2. The van der Waals surface area contributed by atoms with Crippen molar-refractivity contribution in [2.45, 2.75) is 18.7 Å². The molecule has 7 heteroatoms. The lowest BCUT2D eigenvalue weighted by atomic mass is 10.1. The predicted octanol–water partition coefficient (Wildman–Crippen LogP) is 3.15. The average Bonchev–Trinajstić information content (AvgIpc) is 2.48. The average molecular weight is 341 g/mol. The molecule has 0 saturated heterocycles. The fourth-order valence-electron chi connectivity index (χ4n) is 2.13. The maximum absolute atomic E-state index is 13.7. The van der Waals surface area contributed by atoms with Crippen LogP contribution < -0.4 is 9.46 Å². The highest BCUT2D eigenvalue weighted by Crippen LogP contribution is 2.22. The molecule has 1 N–H and O–H groups in total. The van der Waals surface area contributed by atoms with Gasteiger partial charge in [0.2, 0.25) is 10.0 Å². The molecular weight excluding hydrogens is 324 g/mol. The Morgan fingerprint density at radius 1 is 1.13 bits per heavy atom. The van der Waals surface area contributed by atoms with Crippen molar-refractivity contribution < 1.29 is 21.9 Å². The minimum absolute atomic E-state index is 0.0927. The van der Waals surface area contributed by atoms with Gasteiger partial charge in [0, 0.05) is 6.04 Å². The van der Waals surface area contributed by atoms with Gasteiger partial charge in [-0.25, -0.2) is 21.9 Å². The standard InChI is InChI=1S/C16H17F2NO3S/c1-11(13-5-8-16(22-2)15(18)9-13)19-23(20,21)10-12-3-6-14(17)7-4-12/h3-9,11,19H,10H2,1-2H3/t11-/m0/s1. The van der Waals surface area contributed by atoms with E-state index in [1.807, 2.05) is 0 Å². The monoisotopic (exact) mass is 341 g/mol. The second-order valence-electron chi connectivity index (χ2n) is 5.12. The quantitative estimate of drug-likeness (QED) is 0.878. The van der Waals surface area contributed by atoms with Crippen molar-refractivity contribution in [2.75, 3.05) is 7.11 Å². The summed E-state index contributed by atoms with van der Waals surface area (Å²) in [4.78, 5) is 0. The Bertz CT molecular complexity index is 776. The first-order chi connectivity index (χ1) is 10.8. The molecule has 0 bridgehead atoms. The molecule has 0 aliphatic rings. The van der Waals surface area contributed by atoms with E-state index in [9.17, 15) is 17.2 Å². The molecule has 0 aromatic heterocycles. The van der Waals surface area contributed by atoms with Gasteiger partial charge in [-0.1, -0.05) is 18.2 Å². The van der Waals surface area contributed by atoms with Crippen LogP contribution in [0.3, 0.4) is 0 Å². The summed E-state index contributed by atoms with van der Waals surface area (Å²) in [7, 11) is -2.30. The van der Waals surface area contributed by atoms with Gasteiger partial charge in [0.25, 0.3) is 0 Å². The highest BCUT2D eigenvalue weighted by molar-refractivity contribution is 7.88. The maximum atomic E-state index is 13.7. The zero-order valence-corrected chi connectivity index (χ0v) is 13.5. The molecule has 0 heterocycles. The summed E-state index contributed by atoms with van der Waals surface area (Å²) in [6.07, 6.45) is 0. The fourth-order valence-corrected chi connectivity index (χ4v) is 3.52. The molecular formula is C16H17F2NO3S. The molecule has 2 rings (SSSR count). The van der Waals surface area contributed by atoms with Gasteiger partial charge in [0.1, 0.15) is 5.82 Å². The fraction of sp³-hybridized carbons (Fsp3) is 0.250. The molecule has 0 saturated carbocycles. The first kappa shape index (κ1) is 17.4. The number of hydrogen-bond acceptors (Lipinski definition) is 3. The second kappa shape index (κ2) is 7.06. The number of methoxy groups -OCH3 is 1. The molecule has 23 heavy (non-hydrogen) atoms. The van der Waals surface area contributed by atoms with Crippen LogP contribution in [-0.2, 0) is 15.8 Å².